The number of thiophene rings is 1. The third kappa shape index (κ3) is 2.35. The van der Waals surface area contributed by atoms with E-state index in [2.05, 4.69) is 39.3 Å². The number of hydrogen-bond donors (Lipinski definition) is 1. The van der Waals surface area contributed by atoms with Crippen LogP contribution in [0.25, 0.3) is 10.6 Å². The van der Waals surface area contributed by atoms with E-state index in [0.717, 1.165) is 19.6 Å². The van der Waals surface area contributed by atoms with Gasteiger partial charge in [0.15, 0.2) is 0 Å². The Morgan fingerprint density at radius 3 is 3.22 bits per heavy atom. The molecule has 2 aromatic heterocycles. The van der Waals surface area contributed by atoms with E-state index >= 15 is 0 Å². The molecule has 3 rings (SSSR count). The van der Waals surface area contributed by atoms with Crippen LogP contribution in [0, 0.1) is 5.41 Å². The van der Waals surface area contributed by atoms with E-state index < -0.39 is 0 Å². The number of hydrogen-bond acceptors (Lipinski definition) is 3. The lowest BCUT2D eigenvalue weighted by Crippen LogP contribution is -2.40. The lowest BCUT2D eigenvalue weighted by molar-refractivity contribution is 0.202. The summed E-state index contributed by atoms with van der Waals surface area (Å²) in [6.45, 7) is 5.69. The summed E-state index contributed by atoms with van der Waals surface area (Å²) < 4.78 is 2.30. The van der Waals surface area contributed by atoms with Crippen LogP contribution in [-0.2, 0) is 6.54 Å². The maximum absolute atomic E-state index is 4.32. The fraction of sp³-hybridized carbons (Fsp3) is 0.500. The molecule has 0 aliphatic carbocycles. The Labute approximate surface area is 112 Å². The first-order chi connectivity index (χ1) is 8.77. The molecule has 0 spiro atoms. The summed E-state index contributed by atoms with van der Waals surface area (Å²) in [4.78, 5) is 5.63. The Hall–Kier alpha value is -1.13. The molecule has 0 amide bonds. The molecule has 1 unspecified atom stereocenters. The standard InChI is InChI=1S/C14H19N3S/c1-14(5-3-6-15-9-14)10-17-11-16-8-12(17)13-4-2-7-18-13/h2,4,7-8,11,15H,3,5-6,9-10H2,1H3. The van der Waals surface area contributed by atoms with Crippen LogP contribution in [-0.4, -0.2) is 22.6 Å². The quantitative estimate of drug-likeness (QED) is 0.920. The van der Waals surface area contributed by atoms with E-state index in [9.17, 15) is 0 Å². The molecule has 1 atom stereocenters. The van der Waals surface area contributed by atoms with Crippen LogP contribution < -0.4 is 5.32 Å². The van der Waals surface area contributed by atoms with Crippen molar-refractivity contribution in [1.82, 2.24) is 14.9 Å². The average Bonchev–Trinajstić information content (AvgIpc) is 2.99. The van der Waals surface area contributed by atoms with Crippen LogP contribution in [0.4, 0.5) is 0 Å². The minimum Gasteiger partial charge on any atom is -0.329 e. The van der Waals surface area contributed by atoms with Gasteiger partial charge in [-0.25, -0.2) is 4.98 Å². The molecule has 1 N–H and O–H groups in total. The third-order valence-electron chi connectivity index (χ3n) is 3.72. The molecule has 3 heterocycles. The first-order valence-corrected chi connectivity index (χ1v) is 7.40. The molecular weight excluding hydrogens is 242 g/mol. The second-order valence-corrected chi connectivity index (χ2v) is 6.42. The number of imidazole rings is 1. The molecule has 0 radical (unpaired) electrons. The van der Waals surface area contributed by atoms with Crippen LogP contribution in [0.15, 0.2) is 30.0 Å². The molecule has 1 aliphatic rings. The van der Waals surface area contributed by atoms with E-state index in [4.69, 9.17) is 0 Å². The maximum atomic E-state index is 4.32. The van der Waals surface area contributed by atoms with Gasteiger partial charge in [-0.1, -0.05) is 13.0 Å². The van der Waals surface area contributed by atoms with Gasteiger partial charge in [-0.3, -0.25) is 0 Å². The minimum absolute atomic E-state index is 0.352. The zero-order chi connectivity index (χ0) is 12.4. The van der Waals surface area contributed by atoms with Crippen molar-refractivity contribution in [2.75, 3.05) is 13.1 Å². The van der Waals surface area contributed by atoms with Crippen LogP contribution in [0.2, 0.25) is 0 Å². The smallest absolute Gasteiger partial charge is 0.0951 e. The Bertz CT molecular complexity index is 495. The lowest BCUT2D eigenvalue weighted by Gasteiger charge is -2.34. The number of aromatic nitrogens is 2. The van der Waals surface area contributed by atoms with Gasteiger partial charge < -0.3 is 9.88 Å². The van der Waals surface area contributed by atoms with E-state index in [1.54, 1.807) is 11.3 Å². The minimum atomic E-state index is 0.352. The summed E-state index contributed by atoms with van der Waals surface area (Å²) >= 11 is 1.78. The lowest BCUT2D eigenvalue weighted by atomic mass is 9.82. The Morgan fingerprint density at radius 1 is 1.56 bits per heavy atom. The molecular formula is C14H19N3S. The van der Waals surface area contributed by atoms with Gasteiger partial charge in [-0.05, 0) is 36.2 Å². The van der Waals surface area contributed by atoms with Crippen molar-refractivity contribution in [3.8, 4) is 10.6 Å². The monoisotopic (exact) mass is 261 g/mol. The summed E-state index contributed by atoms with van der Waals surface area (Å²) in [5.41, 5.74) is 1.60. The molecule has 1 saturated heterocycles. The highest BCUT2D eigenvalue weighted by Gasteiger charge is 2.27. The summed E-state index contributed by atoms with van der Waals surface area (Å²) in [7, 11) is 0. The Kier molecular flexibility index (Phi) is 3.22. The fourth-order valence-corrected chi connectivity index (χ4v) is 3.49. The van der Waals surface area contributed by atoms with Crippen LogP contribution >= 0.6 is 11.3 Å². The van der Waals surface area contributed by atoms with E-state index in [-0.39, 0.29) is 0 Å². The molecule has 3 nitrogen and oxygen atoms in total. The van der Waals surface area contributed by atoms with Gasteiger partial charge in [0.2, 0.25) is 0 Å². The first kappa shape index (κ1) is 11.9. The largest absolute Gasteiger partial charge is 0.329 e. The molecule has 0 saturated carbocycles. The zero-order valence-corrected chi connectivity index (χ0v) is 11.5. The van der Waals surface area contributed by atoms with Crippen molar-refractivity contribution in [2.45, 2.75) is 26.3 Å². The number of nitrogens with one attached hydrogen (secondary N) is 1. The van der Waals surface area contributed by atoms with E-state index in [1.165, 1.54) is 23.4 Å². The van der Waals surface area contributed by atoms with Gasteiger partial charge in [0.05, 0.1) is 23.1 Å². The number of nitrogens with zero attached hydrogens (tertiary/aromatic N) is 2. The van der Waals surface area contributed by atoms with Crippen molar-refractivity contribution >= 4 is 11.3 Å². The number of rotatable bonds is 3. The maximum Gasteiger partial charge on any atom is 0.0951 e. The van der Waals surface area contributed by atoms with Crippen LogP contribution in [0.1, 0.15) is 19.8 Å². The van der Waals surface area contributed by atoms with Gasteiger partial charge >= 0.3 is 0 Å². The van der Waals surface area contributed by atoms with Crippen LogP contribution in [0.5, 0.6) is 0 Å². The van der Waals surface area contributed by atoms with E-state index in [1.807, 2.05) is 12.5 Å². The van der Waals surface area contributed by atoms with Crippen molar-refractivity contribution in [1.29, 1.82) is 0 Å². The summed E-state index contributed by atoms with van der Waals surface area (Å²) in [6, 6.07) is 4.26. The summed E-state index contributed by atoms with van der Waals surface area (Å²) in [5, 5.41) is 5.63. The number of piperidine rings is 1. The van der Waals surface area contributed by atoms with Crippen molar-refractivity contribution in [2.24, 2.45) is 5.41 Å². The van der Waals surface area contributed by atoms with Crippen LogP contribution in [0.3, 0.4) is 0 Å². The van der Waals surface area contributed by atoms with Gasteiger partial charge in [0, 0.05) is 13.1 Å². The molecule has 18 heavy (non-hydrogen) atoms. The highest BCUT2D eigenvalue weighted by atomic mass is 32.1. The van der Waals surface area contributed by atoms with Crippen molar-refractivity contribution < 1.29 is 0 Å². The molecule has 1 fully saturated rings. The Morgan fingerprint density at radius 2 is 2.50 bits per heavy atom. The SMILES string of the molecule is CC1(Cn2cncc2-c2cccs2)CCCNC1. The topological polar surface area (TPSA) is 29.9 Å². The average molecular weight is 261 g/mol. The summed E-state index contributed by atoms with van der Waals surface area (Å²) in [5.74, 6) is 0. The zero-order valence-electron chi connectivity index (χ0n) is 10.7. The fourth-order valence-electron chi connectivity index (χ4n) is 2.74. The second-order valence-electron chi connectivity index (χ2n) is 5.48. The molecule has 4 heteroatoms. The molecule has 1 aliphatic heterocycles. The van der Waals surface area contributed by atoms with Crippen molar-refractivity contribution in [3.05, 3.63) is 30.0 Å². The third-order valence-corrected chi connectivity index (χ3v) is 4.62. The Balaban J connectivity index is 1.83. The molecule has 2 aromatic rings. The molecule has 0 aromatic carbocycles. The van der Waals surface area contributed by atoms with E-state index in [0.29, 0.717) is 5.41 Å². The predicted molar refractivity (Wildman–Crippen MR) is 75.8 cm³/mol. The van der Waals surface area contributed by atoms with Gasteiger partial charge in [0.1, 0.15) is 0 Å². The van der Waals surface area contributed by atoms with Crippen molar-refractivity contribution in [3.63, 3.8) is 0 Å². The molecule has 96 valence electrons. The highest BCUT2D eigenvalue weighted by Crippen LogP contribution is 2.31. The van der Waals surface area contributed by atoms with Gasteiger partial charge in [-0.2, -0.15) is 0 Å². The predicted octanol–water partition coefficient (Wildman–Crippen LogP) is 3.00. The normalized spacial score (nSPS) is 24.3. The van der Waals surface area contributed by atoms with Gasteiger partial charge in [0.25, 0.3) is 0 Å². The summed E-state index contributed by atoms with van der Waals surface area (Å²) in [6.07, 6.45) is 6.52. The highest BCUT2D eigenvalue weighted by molar-refractivity contribution is 7.13. The second kappa shape index (κ2) is 4.86. The van der Waals surface area contributed by atoms with Gasteiger partial charge in [-0.15, -0.1) is 11.3 Å². The first-order valence-electron chi connectivity index (χ1n) is 6.52. The molecule has 0 bridgehead atoms.